The van der Waals surface area contributed by atoms with Gasteiger partial charge >= 0.3 is 0 Å². The lowest BCUT2D eigenvalue weighted by atomic mass is 9.77. The molecule has 3 atom stereocenters. The number of hydrogen-bond donors (Lipinski definition) is 1. The molecule has 1 aromatic rings. The van der Waals surface area contributed by atoms with Crippen LogP contribution in [0.2, 0.25) is 0 Å². The number of unbranched alkanes of at least 4 members (excludes halogenated alkanes) is 3. The van der Waals surface area contributed by atoms with Gasteiger partial charge in [0.15, 0.2) is 0 Å². The van der Waals surface area contributed by atoms with Crippen molar-refractivity contribution in [2.24, 2.45) is 5.92 Å². The van der Waals surface area contributed by atoms with Crippen molar-refractivity contribution in [2.75, 3.05) is 26.2 Å². The third kappa shape index (κ3) is 3.88. The Morgan fingerprint density at radius 1 is 1.24 bits per heavy atom. The fourth-order valence-corrected chi connectivity index (χ4v) is 5.10. The SMILES string of the molecule is CCCCCCOc1ccc2c(c1)CCN1C[C@@H]3CCCN[C@@H]3C[C@H]21. The van der Waals surface area contributed by atoms with Crippen LogP contribution in [-0.2, 0) is 6.42 Å². The predicted octanol–water partition coefficient (Wildman–Crippen LogP) is 4.32. The molecule has 3 aliphatic rings. The maximum Gasteiger partial charge on any atom is 0.119 e. The van der Waals surface area contributed by atoms with E-state index in [1.165, 1.54) is 76.6 Å². The zero-order valence-electron chi connectivity index (χ0n) is 15.8. The first-order valence-electron chi connectivity index (χ1n) is 10.6. The summed E-state index contributed by atoms with van der Waals surface area (Å²) in [5, 5.41) is 3.79. The summed E-state index contributed by atoms with van der Waals surface area (Å²) >= 11 is 0. The maximum absolute atomic E-state index is 6.01. The quantitative estimate of drug-likeness (QED) is 0.779. The predicted molar refractivity (Wildman–Crippen MR) is 103 cm³/mol. The zero-order valence-corrected chi connectivity index (χ0v) is 15.8. The summed E-state index contributed by atoms with van der Waals surface area (Å²) in [7, 11) is 0. The van der Waals surface area contributed by atoms with E-state index in [1.54, 1.807) is 5.56 Å². The highest BCUT2D eigenvalue weighted by atomic mass is 16.5. The van der Waals surface area contributed by atoms with Crippen molar-refractivity contribution in [3.05, 3.63) is 29.3 Å². The molecule has 4 rings (SSSR count). The Bertz CT molecular complexity index is 573. The number of benzene rings is 1. The van der Waals surface area contributed by atoms with Gasteiger partial charge in [-0.05, 0) is 67.8 Å². The first-order valence-corrected chi connectivity index (χ1v) is 10.6. The zero-order chi connectivity index (χ0) is 17.1. The molecular formula is C22H34N2O. The lowest BCUT2D eigenvalue weighted by molar-refractivity contribution is 0.0551. The largest absolute Gasteiger partial charge is 0.494 e. The Hall–Kier alpha value is -1.06. The van der Waals surface area contributed by atoms with E-state index >= 15 is 0 Å². The van der Waals surface area contributed by atoms with Crippen LogP contribution in [0.4, 0.5) is 0 Å². The van der Waals surface area contributed by atoms with Crippen LogP contribution in [0.1, 0.15) is 69.0 Å². The number of nitrogens with zero attached hydrogens (tertiary/aromatic N) is 1. The summed E-state index contributed by atoms with van der Waals surface area (Å²) in [4.78, 5) is 2.75. The minimum atomic E-state index is 0.620. The van der Waals surface area contributed by atoms with E-state index in [-0.39, 0.29) is 0 Å². The number of nitrogens with one attached hydrogen (secondary N) is 1. The van der Waals surface area contributed by atoms with Crippen molar-refractivity contribution >= 4 is 0 Å². The summed E-state index contributed by atoms with van der Waals surface area (Å²) < 4.78 is 6.01. The smallest absolute Gasteiger partial charge is 0.119 e. The minimum absolute atomic E-state index is 0.620. The van der Waals surface area contributed by atoms with Gasteiger partial charge in [0.1, 0.15) is 5.75 Å². The van der Waals surface area contributed by atoms with E-state index in [0.29, 0.717) is 6.04 Å². The van der Waals surface area contributed by atoms with E-state index < -0.39 is 0 Å². The van der Waals surface area contributed by atoms with Crippen LogP contribution in [0.25, 0.3) is 0 Å². The fourth-order valence-electron chi connectivity index (χ4n) is 5.10. The minimum Gasteiger partial charge on any atom is -0.494 e. The summed E-state index contributed by atoms with van der Waals surface area (Å²) in [6.07, 6.45) is 10.3. The molecule has 3 nitrogen and oxygen atoms in total. The van der Waals surface area contributed by atoms with E-state index in [4.69, 9.17) is 4.74 Å². The molecule has 0 saturated carbocycles. The molecule has 3 heteroatoms. The molecule has 0 aliphatic carbocycles. The molecule has 0 aromatic heterocycles. The Kier molecular flexibility index (Phi) is 5.62. The summed E-state index contributed by atoms with van der Waals surface area (Å²) in [5.41, 5.74) is 3.09. The Balaban J connectivity index is 1.40. The third-order valence-corrected chi connectivity index (χ3v) is 6.52. The van der Waals surface area contributed by atoms with Crippen molar-refractivity contribution in [2.45, 2.75) is 70.4 Å². The second-order valence-electron chi connectivity index (χ2n) is 8.23. The molecule has 3 aliphatic heterocycles. The Morgan fingerprint density at radius 3 is 3.12 bits per heavy atom. The highest BCUT2D eigenvalue weighted by Crippen LogP contribution is 2.41. The second kappa shape index (κ2) is 8.09. The lowest BCUT2D eigenvalue weighted by Crippen LogP contribution is -2.54. The van der Waals surface area contributed by atoms with Gasteiger partial charge in [0, 0.05) is 25.2 Å². The number of rotatable bonds is 6. The van der Waals surface area contributed by atoms with Gasteiger partial charge in [-0.2, -0.15) is 0 Å². The molecule has 0 amide bonds. The normalized spacial score (nSPS) is 28.8. The van der Waals surface area contributed by atoms with Gasteiger partial charge in [0.05, 0.1) is 6.61 Å². The molecule has 25 heavy (non-hydrogen) atoms. The topological polar surface area (TPSA) is 24.5 Å². The van der Waals surface area contributed by atoms with Crippen molar-refractivity contribution in [1.82, 2.24) is 10.2 Å². The number of fused-ring (bicyclic) bond motifs is 4. The Labute approximate surface area is 153 Å². The number of hydrogen-bond acceptors (Lipinski definition) is 3. The van der Waals surface area contributed by atoms with Gasteiger partial charge in [-0.25, -0.2) is 0 Å². The average Bonchev–Trinajstić information content (AvgIpc) is 2.66. The molecule has 138 valence electrons. The van der Waals surface area contributed by atoms with Gasteiger partial charge in [-0.1, -0.05) is 32.3 Å². The van der Waals surface area contributed by atoms with E-state index in [0.717, 1.165) is 24.3 Å². The van der Waals surface area contributed by atoms with Gasteiger partial charge in [-0.15, -0.1) is 0 Å². The van der Waals surface area contributed by atoms with E-state index in [9.17, 15) is 0 Å². The van der Waals surface area contributed by atoms with Crippen LogP contribution in [0.5, 0.6) is 5.75 Å². The first-order chi connectivity index (χ1) is 12.3. The number of ether oxygens (including phenoxy) is 1. The van der Waals surface area contributed by atoms with Crippen molar-refractivity contribution in [1.29, 1.82) is 0 Å². The van der Waals surface area contributed by atoms with E-state index in [1.807, 2.05) is 0 Å². The van der Waals surface area contributed by atoms with E-state index in [2.05, 4.69) is 35.3 Å². The highest BCUT2D eigenvalue weighted by molar-refractivity contribution is 5.39. The second-order valence-corrected chi connectivity index (χ2v) is 8.23. The third-order valence-electron chi connectivity index (χ3n) is 6.52. The molecule has 2 fully saturated rings. The van der Waals surface area contributed by atoms with Crippen LogP contribution in [0.3, 0.4) is 0 Å². The molecule has 0 spiro atoms. The van der Waals surface area contributed by atoms with Crippen LogP contribution in [-0.4, -0.2) is 37.2 Å². The summed E-state index contributed by atoms with van der Waals surface area (Å²) in [6.45, 7) is 6.84. The van der Waals surface area contributed by atoms with Crippen molar-refractivity contribution in [3.8, 4) is 5.75 Å². The van der Waals surface area contributed by atoms with Crippen LogP contribution < -0.4 is 10.1 Å². The summed E-state index contributed by atoms with van der Waals surface area (Å²) in [6, 6.07) is 8.25. The van der Waals surface area contributed by atoms with Gasteiger partial charge < -0.3 is 10.1 Å². The van der Waals surface area contributed by atoms with Gasteiger partial charge in [-0.3, -0.25) is 4.90 Å². The van der Waals surface area contributed by atoms with Crippen LogP contribution in [0.15, 0.2) is 18.2 Å². The van der Waals surface area contributed by atoms with Crippen molar-refractivity contribution < 1.29 is 4.74 Å². The number of piperidine rings is 2. The van der Waals surface area contributed by atoms with Gasteiger partial charge in [0.2, 0.25) is 0 Å². The fraction of sp³-hybridized carbons (Fsp3) is 0.727. The molecule has 2 saturated heterocycles. The van der Waals surface area contributed by atoms with Crippen molar-refractivity contribution in [3.63, 3.8) is 0 Å². The molecule has 0 radical (unpaired) electrons. The molecule has 1 aromatic carbocycles. The van der Waals surface area contributed by atoms with Crippen LogP contribution >= 0.6 is 0 Å². The summed E-state index contributed by atoms with van der Waals surface area (Å²) in [5.74, 6) is 1.95. The molecule has 0 bridgehead atoms. The average molecular weight is 343 g/mol. The van der Waals surface area contributed by atoms with Crippen LogP contribution in [0, 0.1) is 5.92 Å². The molecular weight excluding hydrogens is 308 g/mol. The highest BCUT2D eigenvalue weighted by Gasteiger charge is 2.39. The molecule has 0 unspecified atom stereocenters. The van der Waals surface area contributed by atoms with Gasteiger partial charge in [0.25, 0.3) is 0 Å². The maximum atomic E-state index is 6.01. The standard InChI is InChI=1S/C22H34N2O/c1-2-3-4-5-13-25-19-8-9-20-17(14-19)10-12-24-16-18-7-6-11-23-21(18)15-22(20)24/h8-9,14,18,21-23H,2-7,10-13,15-16H2,1H3/t18-,21+,22+/m0/s1. The molecule has 3 heterocycles. The lowest BCUT2D eigenvalue weighted by Gasteiger charge is -2.49. The molecule has 1 N–H and O–H groups in total. The first kappa shape index (κ1) is 17.4. The monoisotopic (exact) mass is 342 g/mol. The Morgan fingerprint density at radius 2 is 2.20 bits per heavy atom.